The number of carbonyl (C=O) groups excluding carboxylic acids is 2. The van der Waals surface area contributed by atoms with Crippen molar-refractivity contribution < 1.29 is 14.3 Å². The van der Waals surface area contributed by atoms with Crippen molar-refractivity contribution in [1.29, 1.82) is 0 Å². The Kier molecular flexibility index (Phi) is 6.59. The van der Waals surface area contributed by atoms with Crippen LogP contribution in [-0.4, -0.2) is 23.0 Å². The molecule has 0 saturated carbocycles. The molecule has 2 aromatic heterocycles. The van der Waals surface area contributed by atoms with Crippen LogP contribution in [0.2, 0.25) is 0 Å². The third-order valence-corrected chi connectivity index (χ3v) is 6.34. The minimum absolute atomic E-state index is 0.216. The highest BCUT2D eigenvalue weighted by Crippen LogP contribution is 2.28. The molecule has 7 heteroatoms. The molecule has 0 fully saturated rings. The van der Waals surface area contributed by atoms with E-state index < -0.39 is 12.1 Å². The Hall–Kier alpha value is -2.51. The van der Waals surface area contributed by atoms with E-state index in [-0.39, 0.29) is 11.6 Å². The number of rotatable bonds is 7. The van der Waals surface area contributed by atoms with Crippen LogP contribution in [0.25, 0.3) is 9.88 Å². The first-order chi connectivity index (χ1) is 13.5. The number of nitrogens with one attached hydrogen (secondary N) is 1. The molecule has 5 nitrogen and oxygen atoms in total. The number of carbonyl (C=O) groups is 2. The van der Waals surface area contributed by atoms with E-state index in [1.165, 1.54) is 11.3 Å². The van der Waals surface area contributed by atoms with Crippen LogP contribution >= 0.6 is 22.7 Å². The number of esters is 1. The van der Waals surface area contributed by atoms with E-state index >= 15 is 0 Å². The van der Waals surface area contributed by atoms with Crippen LogP contribution in [0.4, 0.5) is 5.69 Å². The lowest BCUT2D eigenvalue weighted by molar-refractivity contribution is -0.123. The van der Waals surface area contributed by atoms with Crippen molar-refractivity contribution >= 4 is 40.2 Å². The molecule has 0 unspecified atom stereocenters. The number of thiazole rings is 1. The second-order valence-electron chi connectivity index (χ2n) is 6.45. The summed E-state index contributed by atoms with van der Waals surface area (Å²) < 4.78 is 5.32. The Balaban J connectivity index is 1.64. The average molecular weight is 415 g/mol. The Morgan fingerprint density at radius 3 is 2.64 bits per heavy atom. The Bertz CT molecular complexity index is 950. The fourth-order valence-corrected chi connectivity index (χ4v) is 4.25. The van der Waals surface area contributed by atoms with Gasteiger partial charge in [0.05, 0.1) is 4.88 Å². The van der Waals surface area contributed by atoms with Crippen molar-refractivity contribution in [2.45, 2.75) is 39.2 Å². The first-order valence-electron chi connectivity index (χ1n) is 9.09. The topological polar surface area (TPSA) is 68.3 Å². The molecule has 0 saturated heterocycles. The average Bonchev–Trinajstić information content (AvgIpc) is 3.39. The van der Waals surface area contributed by atoms with Gasteiger partial charge in [-0.2, -0.15) is 0 Å². The van der Waals surface area contributed by atoms with Crippen molar-refractivity contribution in [1.82, 2.24) is 4.98 Å². The van der Waals surface area contributed by atoms with Gasteiger partial charge < -0.3 is 10.1 Å². The predicted octanol–water partition coefficient (Wildman–Crippen LogP) is 5.57. The third-order valence-electron chi connectivity index (χ3n) is 4.46. The van der Waals surface area contributed by atoms with E-state index in [9.17, 15) is 9.59 Å². The summed E-state index contributed by atoms with van der Waals surface area (Å²) in [5.74, 6) is -0.644. The Labute approximate surface area is 172 Å². The summed E-state index contributed by atoms with van der Waals surface area (Å²) >= 11 is 2.94. The maximum atomic E-state index is 12.5. The van der Waals surface area contributed by atoms with Gasteiger partial charge in [-0.1, -0.05) is 38.1 Å². The number of hydrogen-bond acceptors (Lipinski definition) is 6. The van der Waals surface area contributed by atoms with Gasteiger partial charge in [0.1, 0.15) is 5.01 Å². The maximum Gasteiger partial charge on any atom is 0.358 e. The van der Waals surface area contributed by atoms with Crippen LogP contribution in [-0.2, 0) is 9.53 Å². The van der Waals surface area contributed by atoms with Crippen molar-refractivity contribution in [3.05, 3.63) is 58.4 Å². The van der Waals surface area contributed by atoms with E-state index in [4.69, 9.17) is 4.74 Å². The number of aromatic nitrogens is 1. The summed E-state index contributed by atoms with van der Waals surface area (Å²) in [6.07, 6.45) is 0.0396. The normalized spacial score (nSPS) is 13.0. The summed E-state index contributed by atoms with van der Waals surface area (Å²) in [5, 5.41) is 7.25. The summed E-state index contributed by atoms with van der Waals surface area (Å²) in [5.41, 5.74) is 2.03. The highest BCUT2D eigenvalue weighted by Gasteiger charge is 2.22. The van der Waals surface area contributed by atoms with Crippen LogP contribution < -0.4 is 5.32 Å². The van der Waals surface area contributed by atoms with Crippen LogP contribution in [0.5, 0.6) is 0 Å². The first-order valence-corrected chi connectivity index (χ1v) is 10.9. The molecule has 0 aliphatic rings. The maximum absolute atomic E-state index is 12.5. The van der Waals surface area contributed by atoms with Gasteiger partial charge in [-0.25, -0.2) is 9.78 Å². The Morgan fingerprint density at radius 2 is 1.93 bits per heavy atom. The third kappa shape index (κ3) is 4.66. The number of ether oxygens (including phenoxy) is 1. The minimum atomic E-state index is -0.927. The fourth-order valence-electron chi connectivity index (χ4n) is 2.65. The van der Waals surface area contributed by atoms with Gasteiger partial charge in [-0.15, -0.1) is 22.7 Å². The lowest BCUT2D eigenvalue weighted by atomic mass is 9.97. The van der Waals surface area contributed by atoms with Gasteiger partial charge in [0.15, 0.2) is 11.8 Å². The van der Waals surface area contributed by atoms with E-state index in [2.05, 4.69) is 24.1 Å². The molecule has 3 rings (SSSR count). The highest BCUT2D eigenvalue weighted by atomic mass is 32.1. The summed E-state index contributed by atoms with van der Waals surface area (Å²) in [6.45, 7) is 5.78. The number of thiophene rings is 1. The van der Waals surface area contributed by atoms with Crippen LogP contribution in [0.3, 0.4) is 0 Å². The van der Waals surface area contributed by atoms with Gasteiger partial charge in [-0.3, -0.25) is 4.79 Å². The lowest BCUT2D eigenvalue weighted by Crippen LogP contribution is -2.30. The molecule has 0 radical (unpaired) electrons. The van der Waals surface area contributed by atoms with Gasteiger partial charge >= 0.3 is 5.97 Å². The smallest absolute Gasteiger partial charge is 0.358 e. The summed E-state index contributed by atoms with van der Waals surface area (Å²) in [4.78, 5) is 30.2. The molecule has 146 valence electrons. The second kappa shape index (κ2) is 9.12. The second-order valence-corrected chi connectivity index (χ2v) is 8.25. The Morgan fingerprint density at radius 1 is 1.14 bits per heavy atom. The molecule has 0 spiro atoms. The van der Waals surface area contributed by atoms with Crippen molar-refractivity contribution in [2.24, 2.45) is 0 Å². The summed E-state index contributed by atoms with van der Waals surface area (Å²) in [6, 6.07) is 11.6. The number of nitrogens with zero attached hydrogens (tertiary/aromatic N) is 1. The largest absolute Gasteiger partial charge is 0.448 e. The molecule has 1 amide bonds. The number of hydrogen-bond donors (Lipinski definition) is 1. The zero-order chi connectivity index (χ0) is 20.1. The van der Waals surface area contributed by atoms with Crippen LogP contribution in [0.1, 0.15) is 49.2 Å². The van der Waals surface area contributed by atoms with Crippen molar-refractivity contribution in [3.63, 3.8) is 0 Å². The molecule has 0 aliphatic heterocycles. The van der Waals surface area contributed by atoms with Crippen LogP contribution in [0, 0.1) is 0 Å². The first kappa shape index (κ1) is 20.2. The predicted molar refractivity (Wildman–Crippen MR) is 114 cm³/mol. The van der Waals surface area contributed by atoms with Gasteiger partial charge in [-0.05, 0) is 42.3 Å². The molecule has 28 heavy (non-hydrogen) atoms. The van der Waals surface area contributed by atoms with Gasteiger partial charge in [0.25, 0.3) is 5.91 Å². The van der Waals surface area contributed by atoms with Gasteiger partial charge in [0, 0.05) is 11.1 Å². The highest BCUT2D eigenvalue weighted by molar-refractivity contribution is 7.20. The number of anilines is 1. The molecule has 2 atom stereocenters. The minimum Gasteiger partial charge on any atom is -0.448 e. The van der Waals surface area contributed by atoms with E-state index in [1.807, 2.05) is 41.8 Å². The molecule has 1 aromatic carbocycles. The van der Waals surface area contributed by atoms with Crippen LogP contribution in [0.15, 0.2) is 47.2 Å². The molecular formula is C21H22N2O3S2. The summed E-state index contributed by atoms with van der Waals surface area (Å²) in [7, 11) is 0. The molecule has 0 aliphatic carbocycles. The lowest BCUT2D eigenvalue weighted by Gasteiger charge is -2.18. The zero-order valence-electron chi connectivity index (χ0n) is 16.0. The molecule has 3 aromatic rings. The van der Waals surface area contributed by atoms with E-state index in [0.717, 1.165) is 27.6 Å². The van der Waals surface area contributed by atoms with Crippen molar-refractivity contribution in [2.75, 3.05) is 5.32 Å². The zero-order valence-corrected chi connectivity index (χ0v) is 17.6. The number of amides is 1. The standard InChI is InChI=1S/C21H22N2O3S2/c1-4-13(2)15-8-5-6-9-16(15)22-19(24)14(3)26-21(25)17-12-28-20(23-17)18-10-7-11-27-18/h5-14H,4H2,1-3H3,(H,22,24)/t13-,14+/m1/s1. The number of para-hydroxylation sites is 1. The quantitative estimate of drug-likeness (QED) is 0.513. The molecule has 2 heterocycles. The number of benzene rings is 1. The monoisotopic (exact) mass is 414 g/mol. The van der Waals surface area contributed by atoms with Crippen molar-refractivity contribution in [3.8, 4) is 9.88 Å². The van der Waals surface area contributed by atoms with E-state index in [0.29, 0.717) is 5.92 Å². The SMILES string of the molecule is CC[C@@H](C)c1ccccc1NC(=O)[C@H](C)OC(=O)c1csc(-c2cccs2)n1. The molecular weight excluding hydrogens is 392 g/mol. The van der Waals surface area contributed by atoms with Gasteiger partial charge in [0.2, 0.25) is 0 Å². The van der Waals surface area contributed by atoms with E-state index in [1.54, 1.807) is 23.6 Å². The fraction of sp³-hybridized carbons (Fsp3) is 0.286. The molecule has 1 N–H and O–H groups in total. The molecule has 0 bridgehead atoms.